The van der Waals surface area contributed by atoms with Crippen LogP contribution in [-0.2, 0) is 0 Å². The minimum atomic E-state index is 0.603. The molecule has 1 aliphatic carbocycles. The predicted octanol–water partition coefficient (Wildman–Crippen LogP) is 13.8. The van der Waals surface area contributed by atoms with E-state index in [2.05, 4.69) is 120 Å². The van der Waals surface area contributed by atoms with Gasteiger partial charge in [-0.05, 0) is 62.7 Å². The molecule has 0 amide bonds. The lowest BCUT2D eigenvalue weighted by Crippen LogP contribution is -2.01. The van der Waals surface area contributed by atoms with Crippen molar-refractivity contribution in [3.05, 3.63) is 182 Å². The van der Waals surface area contributed by atoms with E-state index in [0.29, 0.717) is 17.5 Å². The number of benzene rings is 9. The van der Waals surface area contributed by atoms with Crippen LogP contribution in [0.5, 0.6) is 0 Å². The summed E-state index contributed by atoms with van der Waals surface area (Å²) in [5.41, 5.74) is 12.8. The second-order valence-corrected chi connectivity index (χ2v) is 15.1. The number of aromatic nitrogens is 4. The van der Waals surface area contributed by atoms with Gasteiger partial charge in [0.1, 0.15) is 11.2 Å². The summed E-state index contributed by atoms with van der Waals surface area (Å²) in [6, 6.07) is 64.3. The molecular weight excluding hydrogens is 709 g/mol. The predicted molar refractivity (Wildman–Crippen MR) is 237 cm³/mol. The third kappa shape index (κ3) is 4.33. The van der Waals surface area contributed by atoms with Gasteiger partial charge < -0.3 is 8.98 Å². The lowest BCUT2D eigenvalue weighted by atomic mass is 9.93. The molecule has 0 radical (unpaired) electrons. The maximum absolute atomic E-state index is 6.91. The molecular formula is C53H30N4O. The number of furan rings is 1. The number of hydrogen-bond donors (Lipinski definition) is 0. The van der Waals surface area contributed by atoms with Crippen LogP contribution in [0.4, 0.5) is 0 Å². The fourth-order valence-corrected chi connectivity index (χ4v) is 9.51. The van der Waals surface area contributed by atoms with Crippen molar-refractivity contribution in [2.75, 3.05) is 0 Å². The Bertz CT molecular complexity index is 3620. The number of rotatable bonds is 4. The fraction of sp³-hybridized carbons (Fsp3) is 0. The van der Waals surface area contributed by atoms with Crippen molar-refractivity contribution < 1.29 is 4.42 Å². The van der Waals surface area contributed by atoms with Crippen molar-refractivity contribution in [3.8, 4) is 62.1 Å². The number of para-hydroxylation sites is 1. The van der Waals surface area contributed by atoms with Crippen LogP contribution in [0.25, 0.3) is 127 Å². The number of hydrogen-bond acceptors (Lipinski definition) is 4. The summed E-state index contributed by atoms with van der Waals surface area (Å²) in [7, 11) is 0. The Kier molecular flexibility index (Phi) is 6.38. The lowest BCUT2D eigenvalue weighted by molar-refractivity contribution is 0.672. The molecule has 3 aromatic heterocycles. The summed E-state index contributed by atoms with van der Waals surface area (Å²) < 4.78 is 9.38. The first-order valence-electron chi connectivity index (χ1n) is 19.6. The third-order valence-electron chi connectivity index (χ3n) is 12.0. The summed E-state index contributed by atoms with van der Waals surface area (Å²) in [5.74, 6) is 1.85. The molecule has 0 bridgehead atoms. The average molecular weight is 739 g/mol. The fourth-order valence-electron chi connectivity index (χ4n) is 9.51. The Morgan fingerprint density at radius 1 is 0.362 bits per heavy atom. The molecule has 5 heteroatoms. The monoisotopic (exact) mass is 738 g/mol. The van der Waals surface area contributed by atoms with E-state index in [1.54, 1.807) is 0 Å². The molecule has 1 aliphatic rings. The largest absolute Gasteiger partial charge is 0.455 e. The summed E-state index contributed by atoms with van der Waals surface area (Å²) in [5, 5.41) is 9.17. The molecule has 268 valence electrons. The van der Waals surface area contributed by atoms with Crippen LogP contribution in [0, 0.1) is 0 Å². The third-order valence-corrected chi connectivity index (χ3v) is 12.0. The molecule has 0 N–H and O–H groups in total. The van der Waals surface area contributed by atoms with Gasteiger partial charge in [0.15, 0.2) is 17.5 Å². The highest BCUT2D eigenvalue weighted by molar-refractivity contribution is 6.31. The van der Waals surface area contributed by atoms with E-state index in [0.717, 1.165) is 66.1 Å². The highest BCUT2D eigenvalue weighted by Gasteiger charge is 2.27. The lowest BCUT2D eigenvalue weighted by Gasteiger charge is -2.16. The zero-order valence-electron chi connectivity index (χ0n) is 31.0. The summed E-state index contributed by atoms with van der Waals surface area (Å²) in [4.78, 5) is 15.4. The van der Waals surface area contributed by atoms with Gasteiger partial charge in [-0.2, -0.15) is 0 Å². The van der Waals surface area contributed by atoms with Gasteiger partial charge >= 0.3 is 0 Å². The maximum atomic E-state index is 6.91. The Morgan fingerprint density at radius 3 is 1.69 bits per heavy atom. The van der Waals surface area contributed by atoms with E-state index >= 15 is 0 Å². The molecule has 9 aromatic carbocycles. The zero-order chi connectivity index (χ0) is 37.9. The molecule has 0 saturated carbocycles. The van der Waals surface area contributed by atoms with Crippen LogP contribution < -0.4 is 0 Å². The van der Waals surface area contributed by atoms with Crippen LogP contribution in [0.15, 0.2) is 186 Å². The van der Waals surface area contributed by atoms with Crippen molar-refractivity contribution >= 4 is 65.3 Å². The van der Waals surface area contributed by atoms with Gasteiger partial charge in [0.05, 0.1) is 22.1 Å². The Labute approximate surface area is 332 Å². The van der Waals surface area contributed by atoms with Gasteiger partial charge in [-0.25, -0.2) is 15.0 Å². The van der Waals surface area contributed by atoms with E-state index in [1.165, 1.54) is 43.8 Å². The van der Waals surface area contributed by atoms with Gasteiger partial charge in [-0.15, -0.1) is 0 Å². The number of fused-ring (bicyclic) bond motifs is 8. The van der Waals surface area contributed by atoms with Crippen molar-refractivity contribution in [2.45, 2.75) is 0 Å². The minimum absolute atomic E-state index is 0.603. The van der Waals surface area contributed by atoms with E-state index in [-0.39, 0.29) is 0 Å². The zero-order valence-corrected chi connectivity index (χ0v) is 31.0. The van der Waals surface area contributed by atoms with E-state index in [4.69, 9.17) is 19.4 Å². The summed E-state index contributed by atoms with van der Waals surface area (Å²) in [6.45, 7) is 0. The van der Waals surface area contributed by atoms with Gasteiger partial charge in [0.2, 0.25) is 0 Å². The average Bonchev–Trinajstić information content (AvgIpc) is 3.82. The second kappa shape index (κ2) is 11.8. The highest BCUT2D eigenvalue weighted by Crippen LogP contribution is 2.51. The first-order valence-corrected chi connectivity index (χ1v) is 19.6. The molecule has 0 saturated heterocycles. The van der Waals surface area contributed by atoms with Crippen molar-refractivity contribution in [1.82, 2.24) is 19.5 Å². The first-order chi connectivity index (χ1) is 28.8. The van der Waals surface area contributed by atoms with Gasteiger partial charge in [0.25, 0.3) is 0 Å². The quantitative estimate of drug-likeness (QED) is 0.180. The van der Waals surface area contributed by atoms with Crippen molar-refractivity contribution in [3.63, 3.8) is 0 Å². The summed E-state index contributed by atoms with van der Waals surface area (Å²) >= 11 is 0. The molecule has 12 aromatic rings. The Balaban J connectivity index is 1.18. The van der Waals surface area contributed by atoms with E-state index < -0.39 is 0 Å². The maximum Gasteiger partial charge on any atom is 0.164 e. The minimum Gasteiger partial charge on any atom is -0.455 e. The van der Waals surface area contributed by atoms with E-state index in [1.807, 2.05) is 66.7 Å². The standard InChI is InChI=1S/C53H30N4O/c1-3-14-32(15-4-1)51-54-52(33-16-5-2-6-17-33)56-53(55-51)39-25-12-24-38-41(39)30-44(48-40-21-9-10-27-45(40)58-50(38)48)57-42-26-13-23-37-35-20-8-7-19-34(35)36-22-11-18-31-28-29-43(57)49(46(31)36)47(37)42/h1-30H. The SMILES string of the molecule is c1ccc(-c2nc(-c3ccccc3)nc(-c3cccc4c3cc(-n3c5cccc6c5c5c7c(cccc7ccc53)-c3ccccc3-6)c3c5ccccc5oc43)n2)cc1. The topological polar surface area (TPSA) is 56.7 Å². The smallest absolute Gasteiger partial charge is 0.164 e. The van der Waals surface area contributed by atoms with Crippen LogP contribution in [-0.4, -0.2) is 19.5 Å². The molecule has 5 nitrogen and oxygen atoms in total. The molecule has 58 heavy (non-hydrogen) atoms. The van der Waals surface area contributed by atoms with Crippen LogP contribution in [0.3, 0.4) is 0 Å². The van der Waals surface area contributed by atoms with Gasteiger partial charge in [-0.1, -0.05) is 158 Å². The molecule has 0 atom stereocenters. The van der Waals surface area contributed by atoms with Gasteiger partial charge in [-0.3, -0.25) is 0 Å². The normalized spacial score (nSPS) is 12.1. The van der Waals surface area contributed by atoms with Crippen molar-refractivity contribution in [1.29, 1.82) is 0 Å². The molecule has 13 rings (SSSR count). The van der Waals surface area contributed by atoms with Crippen LogP contribution in [0.1, 0.15) is 0 Å². The second-order valence-electron chi connectivity index (χ2n) is 15.1. The molecule has 0 aliphatic heterocycles. The Hall–Kier alpha value is -7.89. The van der Waals surface area contributed by atoms with Crippen LogP contribution >= 0.6 is 0 Å². The summed E-state index contributed by atoms with van der Waals surface area (Å²) in [6.07, 6.45) is 0. The van der Waals surface area contributed by atoms with E-state index in [9.17, 15) is 0 Å². The molecule has 3 heterocycles. The highest BCUT2D eigenvalue weighted by atomic mass is 16.3. The Morgan fingerprint density at radius 2 is 0.931 bits per heavy atom. The van der Waals surface area contributed by atoms with Crippen LogP contribution in [0.2, 0.25) is 0 Å². The van der Waals surface area contributed by atoms with Crippen molar-refractivity contribution in [2.24, 2.45) is 0 Å². The molecule has 0 spiro atoms. The van der Waals surface area contributed by atoms with Gasteiger partial charge in [0, 0.05) is 38.2 Å². The molecule has 0 fully saturated rings. The number of nitrogens with zero attached hydrogens (tertiary/aromatic N) is 4. The molecule has 0 unspecified atom stereocenters. The first kappa shape index (κ1) is 31.3.